The lowest BCUT2D eigenvalue weighted by Crippen LogP contribution is -2.32. The largest absolute Gasteiger partial charge is 0.450 e. The fourth-order valence-corrected chi connectivity index (χ4v) is 3.09. The molecule has 3 aromatic rings. The van der Waals surface area contributed by atoms with Crippen LogP contribution in [0.5, 0.6) is 0 Å². The second kappa shape index (κ2) is 7.76. The molecule has 3 rings (SSSR count). The minimum absolute atomic E-state index is 0.0248. The van der Waals surface area contributed by atoms with E-state index in [9.17, 15) is 9.59 Å². The fraction of sp³-hybridized carbons (Fsp3) is 0.167. The van der Waals surface area contributed by atoms with Gasteiger partial charge in [-0.25, -0.2) is 4.79 Å². The maximum Gasteiger partial charge on any atom is 0.377 e. The van der Waals surface area contributed by atoms with Gasteiger partial charge in [0.05, 0.1) is 11.7 Å². The second-order valence-corrected chi connectivity index (χ2v) is 6.31. The highest BCUT2D eigenvalue weighted by Gasteiger charge is 2.20. The van der Waals surface area contributed by atoms with E-state index in [0.717, 1.165) is 10.4 Å². The Morgan fingerprint density at radius 1 is 1.24 bits per heavy atom. The first-order chi connectivity index (χ1) is 12.1. The minimum Gasteiger partial charge on any atom is -0.450 e. The number of esters is 1. The van der Waals surface area contributed by atoms with Gasteiger partial charge in [0.15, 0.2) is 6.61 Å². The van der Waals surface area contributed by atoms with Crippen molar-refractivity contribution in [2.45, 2.75) is 13.0 Å². The highest BCUT2D eigenvalue weighted by atomic mass is 32.1. The van der Waals surface area contributed by atoms with Crippen molar-refractivity contribution in [1.29, 1.82) is 0 Å². The summed E-state index contributed by atoms with van der Waals surface area (Å²) < 4.78 is 9.79. The summed E-state index contributed by atoms with van der Waals surface area (Å²) in [6.07, 6.45) is 0. The van der Waals surface area contributed by atoms with Crippen LogP contribution in [0.2, 0.25) is 0 Å². The van der Waals surface area contributed by atoms with E-state index in [-0.39, 0.29) is 11.8 Å². The van der Waals surface area contributed by atoms with E-state index >= 15 is 0 Å². The van der Waals surface area contributed by atoms with Gasteiger partial charge in [-0.15, -0.1) is 11.3 Å². The smallest absolute Gasteiger partial charge is 0.377 e. The van der Waals surface area contributed by atoms with Crippen LogP contribution in [-0.4, -0.2) is 23.6 Å². The zero-order valence-electron chi connectivity index (χ0n) is 13.5. The standard InChI is InChI=1S/C18H16N2O4S/c1-12-10-14(24-20-12)18(22)23-11-16(21)19-17(15-8-5-9-25-15)13-6-3-2-4-7-13/h2-10,17H,11H2,1H3,(H,19,21)/t17-/m1/s1. The molecule has 0 radical (unpaired) electrons. The van der Waals surface area contributed by atoms with Crippen LogP contribution in [0, 0.1) is 6.92 Å². The first kappa shape index (κ1) is 16.9. The van der Waals surface area contributed by atoms with Gasteiger partial charge in [-0.05, 0) is 23.9 Å². The van der Waals surface area contributed by atoms with Crippen LogP contribution in [-0.2, 0) is 9.53 Å². The average molecular weight is 356 g/mol. The quantitative estimate of drug-likeness (QED) is 0.686. The molecule has 1 aromatic carbocycles. The molecule has 6 nitrogen and oxygen atoms in total. The van der Waals surface area contributed by atoms with Crippen LogP contribution in [0.4, 0.5) is 0 Å². The molecular weight excluding hydrogens is 340 g/mol. The van der Waals surface area contributed by atoms with Gasteiger partial charge in [-0.1, -0.05) is 41.6 Å². The molecule has 0 saturated carbocycles. The molecule has 0 aliphatic carbocycles. The molecular formula is C18H16N2O4S. The molecule has 0 spiro atoms. The lowest BCUT2D eigenvalue weighted by Gasteiger charge is -2.18. The Hall–Kier alpha value is -2.93. The summed E-state index contributed by atoms with van der Waals surface area (Å²) in [7, 11) is 0. The highest BCUT2D eigenvalue weighted by Crippen LogP contribution is 2.25. The van der Waals surface area contributed by atoms with E-state index in [4.69, 9.17) is 9.26 Å². The van der Waals surface area contributed by atoms with Crippen LogP contribution in [0.3, 0.4) is 0 Å². The molecule has 1 atom stereocenters. The predicted molar refractivity (Wildman–Crippen MR) is 92.3 cm³/mol. The van der Waals surface area contributed by atoms with Gasteiger partial charge in [0.2, 0.25) is 5.76 Å². The topological polar surface area (TPSA) is 81.4 Å². The SMILES string of the molecule is Cc1cc(C(=O)OCC(=O)N[C@H](c2ccccc2)c2cccs2)on1. The van der Waals surface area contributed by atoms with Crippen molar-refractivity contribution in [2.24, 2.45) is 0 Å². The lowest BCUT2D eigenvalue weighted by molar-refractivity contribution is -0.124. The van der Waals surface area contributed by atoms with Gasteiger partial charge in [0, 0.05) is 10.9 Å². The van der Waals surface area contributed by atoms with Crippen LogP contribution in [0.1, 0.15) is 32.7 Å². The van der Waals surface area contributed by atoms with Crippen LogP contribution in [0.15, 0.2) is 58.4 Å². The van der Waals surface area contributed by atoms with Crippen molar-refractivity contribution in [2.75, 3.05) is 6.61 Å². The van der Waals surface area contributed by atoms with Gasteiger partial charge in [0.25, 0.3) is 5.91 Å². The fourth-order valence-electron chi connectivity index (χ4n) is 2.28. The van der Waals surface area contributed by atoms with Gasteiger partial charge >= 0.3 is 5.97 Å². The van der Waals surface area contributed by atoms with Crippen molar-refractivity contribution < 1.29 is 18.8 Å². The van der Waals surface area contributed by atoms with E-state index in [1.807, 2.05) is 47.8 Å². The molecule has 1 N–H and O–H groups in total. The van der Waals surface area contributed by atoms with Crippen molar-refractivity contribution >= 4 is 23.2 Å². The zero-order chi connectivity index (χ0) is 17.6. The van der Waals surface area contributed by atoms with E-state index in [1.165, 1.54) is 6.07 Å². The van der Waals surface area contributed by atoms with E-state index in [2.05, 4.69) is 10.5 Å². The molecule has 2 heterocycles. The zero-order valence-corrected chi connectivity index (χ0v) is 14.3. The number of hydrogen-bond donors (Lipinski definition) is 1. The normalized spacial score (nSPS) is 11.7. The Bertz CT molecular complexity index is 843. The second-order valence-electron chi connectivity index (χ2n) is 5.34. The average Bonchev–Trinajstić information content (AvgIpc) is 3.30. The highest BCUT2D eigenvalue weighted by molar-refractivity contribution is 7.10. The van der Waals surface area contributed by atoms with Crippen molar-refractivity contribution in [3.8, 4) is 0 Å². The van der Waals surface area contributed by atoms with Gasteiger partial charge < -0.3 is 14.6 Å². The Labute approximate surface area is 148 Å². The number of nitrogens with one attached hydrogen (secondary N) is 1. The van der Waals surface area contributed by atoms with Crippen molar-refractivity contribution in [1.82, 2.24) is 10.5 Å². The molecule has 0 fully saturated rings. The third kappa shape index (κ3) is 4.33. The van der Waals surface area contributed by atoms with E-state index < -0.39 is 18.5 Å². The lowest BCUT2D eigenvalue weighted by atomic mass is 10.1. The summed E-state index contributed by atoms with van der Waals surface area (Å²) in [5, 5.41) is 8.46. The Morgan fingerprint density at radius 3 is 2.68 bits per heavy atom. The molecule has 0 saturated heterocycles. The number of nitrogens with zero attached hydrogens (tertiary/aromatic N) is 1. The molecule has 1 amide bonds. The summed E-state index contributed by atoms with van der Waals surface area (Å²) in [5.41, 5.74) is 1.52. The first-order valence-corrected chi connectivity index (χ1v) is 8.49. The molecule has 0 aliphatic heterocycles. The Balaban J connectivity index is 1.64. The van der Waals surface area contributed by atoms with Crippen molar-refractivity contribution in [3.63, 3.8) is 0 Å². The minimum atomic E-state index is -0.719. The number of carbonyl (C=O) groups is 2. The summed E-state index contributed by atoms with van der Waals surface area (Å²) in [6.45, 7) is 1.30. The number of aromatic nitrogens is 1. The van der Waals surface area contributed by atoms with Crippen LogP contribution < -0.4 is 5.32 Å². The first-order valence-electron chi connectivity index (χ1n) is 7.61. The number of hydrogen-bond acceptors (Lipinski definition) is 6. The number of rotatable bonds is 6. The number of carbonyl (C=O) groups excluding carboxylic acids is 2. The summed E-state index contributed by atoms with van der Waals surface area (Å²) in [5.74, 6) is -1.14. The molecule has 25 heavy (non-hydrogen) atoms. The third-order valence-electron chi connectivity index (χ3n) is 3.43. The monoisotopic (exact) mass is 356 g/mol. The van der Waals surface area contributed by atoms with Crippen LogP contribution in [0.25, 0.3) is 0 Å². The maximum atomic E-state index is 12.2. The van der Waals surface area contributed by atoms with Crippen LogP contribution >= 0.6 is 11.3 Å². The predicted octanol–water partition coefficient (Wildman–Crippen LogP) is 3.11. The summed E-state index contributed by atoms with van der Waals surface area (Å²) >= 11 is 1.55. The van der Waals surface area contributed by atoms with E-state index in [1.54, 1.807) is 18.3 Å². The van der Waals surface area contributed by atoms with Gasteiger partial charge in [-0.3, -0.25) is 4.79 Å². The third-order valence-corrected chi connectivity index (χ3v) is 4.37. The molecule has 7 heteroatoms. The van der Waals surface area contributed by atoms with Gasteiger partial charge in [-0.2, -0.15) is 0 Å². The van der Waals surface area contributed by atoms with E-state index in [0.29, 0.717) is 5.69 Å². The number of thiophene rings is 1. The Morgan fingerprint density at radius 2 is 2.04 bits per heavy atom. The Kier molecular flexibility index (Phi) is 5.25. The molecule has 0 aliphatic rings. The summed E-state index contributed by atoms with van der Waals surface area (Å²) in [4.78, 5) is 25.0. The molecule has 128 valence electrons. The number of ether oxygens (including phenoxy) is 1. The number of amides is 1. The van der Waals surface area contributed by atoms with Crippen molar-refractivity contribution in [3.05, 3.63) is 75.8 Å². The molecule has 0 bridgehead atoms. The maximum absolute atomic E-state index is 12.2. The summed E-state index contributed by atoms with van der Waals surface area (Å²) in [6, 6.07) is 14.7. The number of benzene rings is 1. The number of aryl methyl sites for hydroxylation is 1. The molecule has 2 aromatic heterocycles. The van der Waals surface area contributed by atoms with Gasteiger partial charge in [0.1, 0.15) is 0 Å². The molecule has 0 unspecified atom stereocenters.